The number of carbonyl (C=O) groups is 2. The van der Waals surface area contributed by atoms with Crippen LogP contribution in [0.1, 0.15) is 22.3 Å². The molecule has 1 aromatic rings. The lowest BCUT2D eigenvalue weighted by molar-refractivity contribution is 0.0956. The van der Waals surface area contributed by atoms with Crippen molar-refractivity contribution in [2.45, 2.75) is 13.0 Å². The van der Waals surface area contributed by atoms with E-state index in [0.29, 0.717) is 43.7 Å². The SMILES string of the molecule is CNC(=O)c1ccccc1COC(=O)NCCCN(CCO)CCO. The highest BCUT2D eigenvalue weighted by Crippen LogP contribution is 2.10. The predicted octanol–water partition coefficient (Wildman–Crippen LogP) is -0.0509. The van der Waals surface area contributed by atoms with Gasteiger partial charge in [0, 0.05) is 37.8 Å². The van der Waals surface area contributed by atoms with Gasteiger partial charge in [-0.25, -0.2) is 4.79 Å². The van der Waals surface area contributed by atoms with Crippen LogP contribution in [0.2, 0.25) is 0 Å². The molecule has 0 aliphatic carbocycles. The van der Waals surface area contributed by atoms with Gasteiger partial charge in [-0.3, -0.25) is 9.69 Å². The topological polar surface area (TPSA) is 111 Å². The summed E-state index contributed by atoms with van der Waals surface area (Å²) in [5, 5.41) is 23.0. The Morgan fingerprint density at radius 2 is 1.80 bits per heavy atom. The van der Waals surface area contributed by atoms with Gasteiger partial charge >= 0.3 is 6.09 Å². The summed E-state index contributed by atoms with van der Waals surface area (Å²) in [6, 6.07) is 6.93. The Morgan fingerprint density at radius 1 is 1.12 bits per heavy atom. The molecule has 0 aliphatic heterocycles. The molecule has 2 amide bonds. The minimum absolute atomic E-state index is 0.0105. The van der Waals surface area contributed by atoms with Crippen LogP contribution < -0.4 is 10.6 Å². The van der Waals surface area contributed by atoms with Crippen molar-refractivity contribution in [3.8, 4) is 0 Å². The number of aliphatic hydroxyl groups excluding tert-OH is 2. The second kappa shape index (κ2) is 12.2. The average molecular weight is 353 g/mol. The van der Waals surface area contributed by atoms with Crippen LogP contribution >= 0.6 is 0 Å². The van der Waals surface area contributed by atoms with Gasteiger partial charge in [0.25, 0.3) is 5.91 Å². The molecule has 4 N–H and O–H groups in total. The van der Waals surface area contributed by atoms with Crippen molar-refractivity contribution < 1.29 is 24.5 Å². The standard InChI is InChI=1S/C17H27N3O5/c1-18-16(23)15-6-3-2-5-14(15)13-25-17(24)19-7-4-8-20(9-11-21)10-12-22/h2-3,5-6,21-22H,4,7-13H2,1H3,(H,18,23)(H,19,24). The number of rotatable bonds is 11. The molecular formula is C17H27N3O5. The first-order valence-electron chi connectivity index (χ1n) is 8.27. The maximum Gasteiger partial charge on any atom is 0.407 e. The Hall–Kier alpha value is -2.16. The summed E-state index contributed by atoms with van der Waals surface area (Å²) in [6.07, 6.45) is 0.117. The number of alkyl carbamates (subject to hydrolysis) is 1. The lowest BCUT2D eigenvalue weighted by atomic mass is 10.1. The van der Waals surface area contributed by atoms with E-state index in [4.69, 9.17) is 14.9 Å². The third kappa shape index (κ3) is 7.97. The van der Waals surface area contributed by atoms with Crippen molar-refractivity contribution in [2.24, 2.45) is 0 Å². The molecular weight excluding hydrogens is 326 g/mol. The summed E-state index contributed by atoms with van der Waals surface area (Å²) in [7, 11) is 1.55. The highest BCUT2D eigenvalue weighted by molar-refractivity contribution is 5.95. The summed E-state index contributed by atoms with van der Waals surface area (Å²) >= 11 is 0. The van der Waals surface area contributed by atoms with Crippen LogP contribution in [0.5, 0.6) is 0 Å². The van der Waals surface area contributed by atoms with Gasteiger partial charge in [-0.05, 0) is 19.0 Å². The molecule has 0 fully saturated rings. The maximum absolute atomic E-state index is 11.8. The van der Waals surface area contributed by atoms with E-state index in [1.807, 2.05) is 4.90 Å². The summed E-state index contributed by atoms with van der Waals surface area (Å²) in [5.74, 6) is -0.229. The molecule has 8 heteroatoms. The van der Waals surface area contributed by atoms with E-state index in [0.717, 1.165) is 0 Å². The lowest BCUT2D eigenvalue weighted by Crippen LogP contribution is -2.33. The van der Waals surface area contributed by atoms with Crippen molar-refractivity contribution in [1.82, 2.24) is 15.5 Å². The van der Waals surface area contributed by atoms with Crippen LogP contribution in [0, 0.1) is 0 Å². The number of aliphatic hydroxyl groups is 2. The molecule has 0 radical (unpaired) electrons. The molecule has 0 heterocycles. The fourth-order valence-electron chi connectivity index (χ4n) is 2.31. The van der Waals surface area contributed by atoms with Gasteiger partial charge in [0.1, 0.15) is 6.61 Å². The highest BCUT2D eigenvalue weighted by Gasteiger charge is 2.11. The Morgan fingerprint density at radius 3 is 2.44 bits per heavy atom. The molecule has 0 saturated heterocycles. The van der Waals surface area contributed by atoms with Gasteiger partial charge in [0.2, 0.25) is 0 Å². The lowest BCUT2D eigenvalue weighted by Gasteiger charge is -2.19. The number of nitrogens with zero attached hydrogens (tertiary/aromatic N) is 1. The van der Waals surface area contributed by atoms with Gasteiger partial charge in [0.15, 0.2) is 0 Å². The van der Waals surface area contributed by atoms with Crippen LogP contribution in [0.25, 0.3) is 0 Å². The molecule has 0 bridgehead atoms. The molecule has 0 spiro atoms. The molecule has 0 atom stereocenters. The minimum atomic E-state index is -0.553. The molecule has 140 valence electrons. The maximum atomic E-state index is 11.8. The van der Waals surface area contributed by atoms with Crippen LogP contribution in [0.15, 0.2) is 24.3 Å². The molecule has 0 saturated carbocycles. The van der Waals surface area contributed by atoms with E-state index < -0.39 is 6.09 Å². The second-order valence-electron chi connectivity index (χ2n) is 5.38. The highest BCUT2D eigenvalue weighted by atomic mass is 16.5. The van der Waals surface area contributed by atoms with Crippen molar-refractivity contribution in [3.05, 3.63) is 35.4 Å². The van der Waals surface area contributed by atoms with Gasteiger partial charge in [-0.15, -0.1) is 0 Å². The zero-order valence-electron chi connectivity index (χ0n) is 14.5. The summed E-state index contributed by atoms with van der Waals surface area (Å²) in [6.45, 7) is 2.11. The molecule has 1 aromatic carbocycles. The molecule has 1 rings (SSSR count). The fraction of sp³-hybridized carbons (Fsp3) is 0.529. The largest absolute Gasteiger partial charge is 0.445 e. The molecule has 0 aromatic heterocycles. The summed E-state index contributed by atoms with van der Waals surface area (Å²) in [5.41, 5.74) is 1.11. The van der Waals surface area contributed by atoms with E-state index in [-0.39, 0.29) is 25.7 Å². The second-order valence-corrected chi connectivity index (χ2v) is 5.38. The number of amides is 2. The van der Waals surface area contributed by atoms with E-state index in [9.17, 15) is 9.59 Å². The molecule has 0 unspecified atom stereocenters. The molecule has 8 nitrogen and oxygen atoms in total. The monoisotopic (exact) mass is 353 g/mol. The van der Waals surface area contributed by atoms with E-state index in [1.54, 1.807) is 31.3 Å². The first-order chi connectivity index (χ1) is 12.1. The first kappa shape index (κ1) is 20.9. The van der Waals surface area contributed by atoms with Crippen LogP contribution in [-0.4, -0.2) is 73.6 Å². The average Bonchev–Trinajstić information content (AvgIpc) is 2.63. The van der Waals surface area contributed by atoms with Crippen LogP contribution in [-0.2, 0) is 11.3 Å². The van der Waals surface area contributed by atoms with Gasteiger partial charge < -0.3 is 25.6 Å². The first-order valence-corrected chi connectivity index (χ1v) is 8.27. The Balaban J connectivity index is 2.33. The third-order valence-corrected chi connectivity index (χ3v) is 3.60. The Bertz CT molecular complexity index is 533. The van der Waals surface area contributed by atoms with Gasteiger partial charge in [-0.1, -0.05) is 18.2 Å². The summed E-state index contributed by atoms with van der Waals surface area (Å²) < 4.78 is 5.14. The molecule has 0 aliphatic rings. The van der Waals surface area contributed by atoms with Crippen molar-refractivity contribution in [2.75, 3.05) is 46.4 Å². The number of hydrogen-bond donors (Lipinski definition) is 4. The summed E-state index contributed by atoms with van der Waals surface area (Å²) in [4.78, 5) is 25.4. The quantitative estimate of drug-likeness (QED) is 0.415. The smallest absolute Gasteiger partial charge is 0.407 e. The number of benzene rings is 1. The van der Waals surface area contributed by atoms with E-state index in [2.05, 4.69) is 10.6 Å². The minimum Gasteiger partial charge on any atom is -0.445 e. The number of hydrogen-bond acceptors (Lipinski definition) is 6. The van der Waals surface area contributed by atoms with Crippen LogP contribution in [0.3, 0.4) is 0 Å². The zero-order chi connectivity index (χ0) is 18.5. The van der Waals surface area contributed by atoms with Crippen molar-refractivity contribution in [3.63, 3.8) is 0 Å². The normalized spacial score (nSPS) is 10.6. The number of ether oxygens (including phenoxy) is 1. The fourth-order valence-corrected chi connectivity index (χ4v) is 2.31. The van der Waals surface area contributed by atoms with E-state index >= 15 is 0 Å². The van der Waals surface area contributed by atoms with Crippen molar-refractivity contribution >= 4 is 12.0 Å². The van der Waals surface area contributed by atoms with Crippen LogP contribution in [0.4, 0.5) is 4.79 Å². The van der Waals surface area contributed by atoms with Gasteiger partial charge in [-0.2, -0.15) is 0 Å². The third-order valence-electron chi connectivity index (χ3n) is 3.60. The predicted molar refractivity (Wildman–Crippen MR) is 93.2 cm³/mol. The van der Waals surface area contributed by atoms with Gasteiger partial charge in [0.05, 0.1) is 13.2 Å². The zero-order valence-corrected chi connectivity index (χ0v) is 14.5. The van der Waals surface area contributed by atoms with E-state index in [1.165, 1.54) is 0 Å². The number of carbonyl (C=O) groups excluding carboxylic acids is 2. The number of nitrogens with one attached hydrogen (secondary N) is 2. The van der Waals surface area contributed by atoms with Crippen molar-refractivity contribution in [1.29, 1.82) is 0 Å². The Labute approximate surface area is 147 Å². The Kier molecular flexibility index (Phi) is 10.2. The molecule has 25 heavy (non-hydrogen) atoms.